The van der Waals surface area contributed by atoms with Crippen molar-refractivity contribution in [3.05, 3.63) is 0 Å². The van der Waals surface area contributed by atoms with Crippen molar-refractivity contribution in [3.8, 4) is 0 Å². The van der Waals surface area contributed by atoms with E-state index < -0.39 is 38.0 Å². The predicted octanol–water partition coefficient (Wildman–Crippen LogP) is 0.138. The number of hydrogen-bond donors (Lipinski definition) is 0. The summed E-state index contributed by atoms with van der Waals surface area (Å²) < 4.78 is 64.4. The first kappa shape index (κ1) is 20.7. The van der Waals surface area contributed by atoms with Gasteiger partial charge in [0.15, 0.2) is 0 Å². The van der Waals surface area contributed by atoms with Crippen LogP contribution in [0.3, 0.4) is 0 Å². The van der Waals surface area contributed by atoms with Crippen molar-refractivity contribution in [3.63, 3.8) is 0 Å². The quantitative estimate of drug-likeness (QED) is 0.542. The average Bonchev–Trinajstić information content (AvgIpc) is 2.21. The molecule has 0 radical (unpaired) electrons. The van der Waals surface area contributed by atoms with Crippen LogP contribution in [0.1, 0.15) is 20.8 Å². The van der Waals surface area contributed by atoms with Crippen molar-refractivity contribution >= 4 is 20.2 Å². The van der Waals surface area contributed by atoms with Crippen LogP contribution in [0.2, 0.25) is 0 Å². The zero-order chi connectivity index (χ0) is 16.9. The summed E-state index contributed by atoms with van der Waals surface area (Å²) >= 11 is 0. The third-order valence-corrected chi connectivity index (χ3v) is 3.24. The molecule has 0 aromatic heterocycles. The summed E-state index contributed by atoms with van der Waals surface area (Å²) in [5.74, 6) is 0. The minimum Gasteiger partial charge on any atom is -0.376 e. The minimum atomic E-state index is -3.65. The van der Waals surface area contributed by atoms with Gasteiger partial charge in [-0.2, -0.15) is 16.8 Å². The van der Waals surface area contributed by atoms with Crippen LogP contribution in [-0.4, -0.2) is 67.5 Å². The monoisotopic (exact) mass is 348 g/mol. The third-order valence-electron chi connectivity index (χ3n) is 2.12. The molecular weight excluding hydrogens is 324 g/mol. The molecule has 0 aromatic rings. The van der Waals surface area contributed by atoms with Crippen LogP contribution in [0.4, 0.5) is 0 Å². The highest BCUT2D eigenvalue weighted by molar-refractivity contribution is 7.86. The van der Waals surface area contributed by atoms with Crippen molar-refractivity contribution in [2.45, 2.75) is 38.6 Å². The summed E-state index contributed by atoms with van der Waals surface area (Å²) in [4.78, 5) is 0. The smallest absolute Gasteiger partial charge is 0.264 e. The molecule has 10 heteroatoms. The lowest BCUT2D eigenvalue weighted by Gasteiger charge is -2.31. The van der Waals surface area contributed by atoms with Crippen molar-refractivity contribution in [2.24, 2.45) is 0 Å². The van der Waals surface area contributed by atoms with E-state index in [1.807, 2.05) is 0 Å². The Labute approximate surface area is 127 Å². The molecule has 0 saturated heterocycles. The molecule has 2 atom stereocenters. The molecule has 0 bridgehead atoms. The van der Waals surface area contributed by atoms with Gasteiger partial charge in [0.25, 0.3) is 20.2 Å². The standard InChI is InChI=1S/C11H24O8S2/c1-11(2,3)19-10(8-18-21(6,14)15)9(16-4)7-17-20(5,12)13/h9-10H,7-8H2,1-6H3/t9-,10+/m0/s1. The number of methoxy groups -OCH3 is 1. The highest BCUT2D eigenvalue weighted by Gasteiger charge is 2.29. The van der Waals surface area contributed by atoms with Gasteiger partial charge < -0.3 is 9.47 Å². The average molecular weight is 348 g/mol. The molecule has 0 aromatic carbocycles. The fraction of sp³-hybridized carbons (Fsp3) is 1.00. The van der Waals surface area contributed by atoms with Gasteiger partial charge in [-0.15, -0.1) is 0 Å². The van der Waals surface area contributed by atoms with Gasteiger partial charge in [-0.3, -0.25) is 8.37 Å². The third kappa shape index (κ3) is 12.0. The predicted molar refractivity (Wildman–Crippen MR) is 77.0 cm³/mol. The van der Waals surface area contributed by atoms with E-state index in [1.54, 1.807) is 20.8 Å². The van der Waals surface area contributed by atoms with E-state index in [4.69, 9.17) is 13.7 Å². The van der Waals surface area contributed by atoms with E-state index >= 15 is 0 Å². The SMILES string of the molecule is CO[C@@H](COS(C)(=O)=O)[C@@H](COS(C)(=O)=O)OC(C)(C)C. The molecule has 0 rings (SSSR count). The maximum atomic E-state index is 11.1. The summed E-state index contributed by atoms with van der Waals surface area (Å²) in [6.45, 7) is 4.70. The Morgan fingerprint density at radius 1 is 0.857 bits per heavy atom. The molecule has 0 unspecified atom stereocenters. The zero-order valence-electron chi connectivity index (χ0n) is 13.2. The van der Waals surface area contributed by atoms with Gasteiger partial charge in [-0.25, -0.2) is 0 Å². The largest absolute Gasteiger partial charge is 0.376 e. The topological polar surface area (TPSA) is 105 Å². The molecular formula is C11H24O8S2. The fourth-order valence-electron chi connectivity index (χ4n) is 1.38. The van der Waals surface area contributed by atoms with Gasteiger partial charge in [-0.05, 0) is 20.8 Å². The van der Waals surface area contributed by atoms with Gasteiger partial charge >= 0.3 is 0 Å². The minimum absolute atomic E-state index is 0.302. The zero-order valence-corrected chi connectivity index (χ0v) is 14.8. The molecule has 0 aliphatic rings. The first-order valence-corrected chi connectivity index (χ1v) is 9.76. The van der Waals surface area contributed by atoms with Crippen LogP contribution in [-0.2, 0) is 38.1 Å². The van der Waals surface area contributed by atoms with Crippen LogP contribution in [0, 0.1) is 0 Å². The molecule has 0 heterocycles. The molecule has 21 heavy (non-hydrogen) atoms. The molecule has 0 saturated carbocycles. The number of ether oxygens (including phenoxy) is 2. The lowest BCUT2D eigenvalue weighted by Crippen LogP contribution is -2.43. The lowest BCUT2D eigenvalue weighted by atomic mass is 10.1. The first-order valence-electron chi connectivity index (χ1n) is 6.13. The fourth-order valence-corrected chi connectivity index (χ4v) is 2.14. The summed E-state index contributed by atoms with van der Waals surface area (Å²) in [6.07, 6.45) is 0.203. The highest BCUT2D eigenvalue weighted by atomic mass is 32.2. The maximum Gasteiger partial charge on any atom is 0.264 e. The van der Waals surface area contributed by atoms with Gasteiger partial charge in [0, 0.05) is 7.11 Å². The van der Waals surface area contributed by atoms with Gasteiger partial charge in [0.1, 0.15) is 12.2 Å². The normalized spacial score (nSPS) is 16.7. The van der Waals surface area contributed by atoms with Crippen molar-refractivity contribution in [2.75, 3.05) is 32.8 Å². The Morgan fingerprint density at radius 3 is 1.52 bits per heavy atom. The van der Waals surface area contributed by atoms with Gasteiger partial charge in [0.2, 0.25) is 0 Å². The van der Waals surface area contributed by atoms with Crippen molar-refractivity contribution < 1.29 is 34.7 Å². The molecule has 128 valence electrons. The van der Waals surface area contributed by atoms with Gasteiger partial charge in [-0.1, -0.05) is 0 Å². The Balaban J connectivity index is 4.95. The summed E-state index contributed by atoms with van der Waals surface area (Å²) in [6, 6.07) is 0. The van der Waals surface area contributed by atoms with E-state index in [-0.39, 0.29) is 13.2 Å². The molecule has 8 nitrogen and oxygen atoms in total. The van der Waals surface area contributed by atoms with E-state index in [0.717, 1.165) is 12.5 Å². The van der Waals surface area contributed by atoms with Crippen LogP contribution < -0.4 is 0 Å². The number of rotatable bonds is 9. The van der Waals surface area contributed by atoms with Crippen LogP contribution in [0.5, 0.6) is 0 Å². The summed E-state index contributed by atoms with van der Waals surface area (Å²) in [5, 5.41) is 0. The van der Waals surface area contributed by atoms with Crippen molar-refractivity contribution in [1.29, 1.82) is 0 Å². The molecule has 0 fully saturated rings. The number of hydrogen-bond acceptors (Lipinski definition) is 8. The Kier molecular flexibility index (Phi) is 7.74. The maximum absolute atomic E-state index is 11.1. The first-order chi connectivity index (χ1) is 9.23. The van der Waals surface area contributed by atoms with E-state index in [2.05, 4.69) is 4.18 Å². The highest BCUT2D eigenvalue weighted by Crippen LogP contribution is 2.16. The molecule has 0 amide bonds. The van der Waals surface area contributed by atoms with Crippen LogP contribution >= 0.6 is 0 Å². The van der Waals surface area contributed by atoms with E-state index in [9.17, 15) is 16.8 Å². The second-order valence-corrected chi connectivity index (χ2v) is 8.81. The Hall–Kier alpha value is -0.260. The van der Waals surface area contributed by atoms with Crippen LogP contribution in [0.25, 0.3) is 0 Å². The molecule has 0 aliphatic carbocycles. The second-order valence-electron chi connectivity index (χ2n) is 5.52. The Morgan fingerprint density at radius 2 is 1.24 bits per heavy atom. The second kappa shape index (κ2) is 7.84. The molecule has 0 N–H and O–H groups in total. The van der Waals surface area contributed by atoms with Crippen molar-refractivity contribution in [1.82, 2.24) is 0 Å². The molecule has 0 spiro atoms. The summed E-state index contributed by atoms with van der Waals surface area (Å²) in [5.41, 5.74) is -0.604. The van der Waals surface area contributed by atoms with Crippen LogP contribution in [0.15, 0.2) is 0 Å². The summed E-state index contributed by atoms with van der Waals surface area (Å²) in [7, 11) is -5.96. The van der Waals surface area contributed by atoms with E-state index in [1.165, 1.54) is 7.11 Å². The Bertz CT molecular complexity index is 503. The van der Waals surface area contributed by atoms with Gasteiger partial charge in [0.05, 0.1) is 31.3 Å². The van der Waals surface area contributed by atoms with E-state index in [0.29, 0.717) is 0 Å². The molecule has 0 aliphatic heterocycles. The lowest BCUT2D eigenvalue weighted by molar-refractivity contribution is -0.139.